The average molecular weight is 389 g/mol. The number of fused-ring (bicyclic) bond motifs is 1. The molecule has 1 N–H and O–H groups in total. The number of nitrogens with one attached hydrogen (secondary N) is 1. The van der Waals surface area contributed by atoms with Gasteiger partial charge in [-0.2, -0.15) is 5.10 Å². The van der Waals surface area contributed by atoms with Crippen LogP contribution in [0.2, 0.25) is 5.02 Å². The van der Waals surface area contributed by atoms with Gasteiger partial charge in [-0.1, -0.05) is 17.7 Å². The maximum atomic E-state index is 12.1. The van der Waals surface area contributed by atoms with Gasteiger partial charge in [-0.25, -0.2) is 5.43 Å². The van der Waals surface area contributed by atoms with Gasteiger partial charge in [0.25, 0.3) is 11.4 Å². The molecule has 0 bridgehead atoms. The van der Waals surface area contributed by atoms with E-state index in [0.717, 1.165) is 0 Å². The average Bonchev–Trinajstić information content (AvgIpc) is 3.06. The van der Waals surface area contributed by atoms with Gasteiger partial charge in [-0.15, -0.1) is 0 Å². The number of halogens is 1. The summed E-state index contributed by atoms with van der Waals surface area (Å²) in [6, 6.07) is 9.32. The number of rotatable bonds is 5. The molecule has 10 nitrogen and oxygen atoms in total. The van der Waals surface area contributed by atoms with Gasteiger partial charge in [0.15, 0.2) is 5.76 Å². The molecule has 1 amide bonds. The van der Waals surface area contributed by atoms with Crippen molar-refractivity contribution < 1.29 is 19.1 Å². The fraction of sp³-hybridized carbons (Fsp3) is 0. The number of nitrogens with zero attached hydrogens (tertiary/aromatic N) is 3. The van der Waals surface area contributed by atoms with E-state index >= 15 is 0 Å². The van der Waals surface area contributed by atoms with Gasteiger partial charge in [-0.3, -0.25) is 25.0 Å². The van der Waals surface area contributed by atoms with Gasteiger partial charge in [-0.05, 0) is 18.2 Å². The lowest BCUT2D eigenvalue weighted by atomic mass is 10.2. The highest BCUT2D eigenvalue weighted by molar-refractivity contribution is 6.32. The van der Waals surface area contributed by atoms with Crippen LogP contribution in [0.1, 0.15) is 16.1 Å². The van der Waals surface area contributed by atoms with Gasteiger partial charge in [0.1, 0.15) is 10.6 Å². The maximum absolute atomic E-state index is 12.1. The van der Waals surface area contributed by atoms with Crippen molar-refractivity contribution in [2.45, 2.75) is 0 Å². The Morgan fingerprint density at radius 3 is 2.59 bits per heavy atom. The van der Waals surface area contributed by atoms with Gasteiger partial charge < -0.3 is 4.42 Å². The molecule has 0 aliphatic heterocycles. The summed E-state index contributed by atoms with van der Waals surface area (Å²) in [6.07, 6.45) is 1.20. The van der Waals surface area contributed by atoms with Gasteiger partial charge >= 0.3 is 5.91 Å². The molecule has 0 spiro atoms. The van der Waals surface area contributed by atoms with E-state index in [1.54, 1.807) is 0 Å². The Morgan fingerprint density at radius 2 is 1.89 bits per heavy atom. The normalized spacial score (nSPS) is 11.0. The van der Waals surface area contributed by atoms with Crippen LogP contribution in [0.25, 0.3) is 11.0 Å². The van der Waals surface area contributed by atoms with Crippen LogP contribution in [0.4, 0.5) is 11.4 Å². The molecular formula is C16H9ClN4O6. The second-order valence-electron chi connectivity index (χ2n) is 5.26. The number of furan rings is 1. The molecule has 3 rings (SSSR count). The summed E-state index contributed by atoms with van der Waals surface area (Å²) >= 11 is 5.71. The molecule has 0 unspecified atom stereocenters. The molecule has 0 radical (unpaired) electrons. The highest BCUT2D eigenvalue weighted by Crippen LogP contribution is 2.25. The third-order valence-electron chi connectivity index (χ3n) is 3.48. The summed E-state index contributed by atoms with van der Waals surface area (Å²) in [6.45, 7) is 0. The molecule has 136 valence electrons. The Kier molecular flexibility index (Phi) is 4.81. The van der Waals surface area contributed by atoms with Crippen LogP contribution in [0.3, 0.4) is 0 Å². The van der Waals surface area contributed by atoms with Crippen LogP contribution < -0.4 is 5.43 Å². The Bertz CT molecular complexity index is 1110. The van der Waals surface area contributed by atoms with E-state index in [0.29, 0.717) is 16.5 Å². The largest absolute Gasteiger partial charge is 0.451 e. The monoisotopic (exact) mass is 388 g/mol. The summed E-state index contributed by atoms with van der Waals surface area (Å²) in [5.41, 5.74) is 2.46. The van der Waals surface area contributed by atoms with Crippen molar-refractivity contribution in [3.8, 4) is 0 Å². The zero-order valence-corrected chi connectivity index (χ0v) is 14.0. The fourth-order valence-corrected chi connectivity index (χ4v) is 2.41. The Balaban J connectivity index is 1.75. The maximum Gasteiger partial charge on any atom is 0.307 e. The Hall–Kier alpha value is -3.79. The minimum absolute atomic E-state index is 0.0162. The van der Waals surface area contributed by atoms with E-state index < -0.39 is 15.8 Å². The molecule has 0 atom stereocenters. The predicted octanol–water partition coefficient (Wildman–Crippen LogP) is 3.67. The first kappa shape index (κ1) is 18.0. The zero-order chi connectivity index (χ0) is 19.6. The summed E-state index contributed by atoms with van der Waals surface area (Å²) in [5.74, 6) is -0.779. The zero-order valence-electron chi connectivity index (χ0n) is 13.3. The molecule has 0 aliphatic rings. The molecule has 11 heteroatoms. The van der Waals surface area contributed by atoms with Crippen molar-refractivity contribution in [3.05, 3.63) is 79.0 Å². The molecule has 1 heterocycles. The molecule has 0 fully saturated rings. The van der Waals surface area contributed by atoms with E-state index in [4.69, 9.17) is 16.0 Å². The predicted molar refractivity (Wildman–Crippen MR) is 96.0 cm³/mol. The molecule has 3 aromatic rings. The number of hydrogen-bond acceptors (Lipinski definition) is 7. The third-order valence-corrected chi connectivity index (χ3v) is 3.80. The molecule has 2 aromatic carbocycles. The molecule has 0 saturated heterocycles. The summed E-state index contributed by atoms with van der Waals surface area (Å²) in [5, 5.41) is 25.7. The highest BCUT2D eigenvalue weighted by atomic mass is 35.5. The standard InChI is InChI=1S/C16H9ClN4O6/c17-12-3-1-9(5-13(12)21(25)26)8-18-19-16(22)15-7-10-6-11(20(23)24)2-4-14(10)27-15/h1-8H,(H,19,22)/b18-8-. The number of hydrogen-bond donors (Lipinski definition) is 1. The lowest BCUT2D eigenvalue weighted by molar-refractivity contribution is -0.384. The minimum Gasteiger partial charge on any atom is -0.451 e. The SMILES string of the molecule is O=C(N/N=C\c1ccc(Cl)c([N+](=O)[O-])c1)c1cc2cc([N+](=O)[O-])ccc2o1. The molecule has 0 saturated carbocycles. The van der Waals surface area contributed by atoms with E-state index in [9.17, 15) is 25.0 Å². The number of nitro groups is 2. The molecular weight excluding hydrogens is 380 g/mol. The van der Waals surface area contributed by atoms with E-state index in [-0.39, 0.29) is 22.2 Å². The number of carbonyl (C=O) groups is 1. The number of hydrazone groups is 1. The van der Waals surface area contributed by atoms with Crippen LogP contribution in [0.5, 0.6) is 0 Å². The third kappa shape index (κ3) is 3.90. The van der Waals surface area contributed by atoms with Gasteiger partial charge in [0, 0.05) is 29.1 Å². The first-order valence-corrected chi connectivity index (χ1v) is 7.68. The van der Waals surface area contributed by atoms with E-state index in [1.807, 2.05) is 0 Å². The summed E-state index contributed by atoms with van der Waals surface area (Å²) in [4.78, 5) is 32.5. The van der Waals surface area contributed by atoms with Gasteiger partial charge in [0.2, 0.25) is 0 Å². The number of nitro benzene ring substituents is 2. The van der Waals surface area contributed by atoms with Crippen molar-refractivity contribution >= 4 is 46.1 Å². The van der Waals surface area contributed by atoms with Crippen molar-refractivity contribution in [1.29, 1.82) is 0 Å². The first-order valence-electron chi connectivity index (χ1n) is 7.30. The second-order valence-corrected chi connectivity index (χ2v) is 5.66. The van der Waals surface area contributed by atoms with Crippen molar-refractivity contribution in [2.75, 3.05) is 0 Å². The second kappa shape index (κ2) is 7.22. The van der Waals surface area contributed by atoms with Gasteiger partial charge in [0.05, 0.1) is 16.1 Å². The smallest absolute Gasteiger partial charge is 0.307 e. The first-order chi connectivity index (χ1) is 12.8. The minimum atomic E-state index is -0.687. The van der Waals surface area contributed by atoms with Crippen LogP contribution in [-0.4, -0.2) is 22.0 Å². The van der Waals surface area contributed by atoms with Crippen molar-refractivity contribution in [3.63, 3.8) is 0 Å². The van der Waals surface area contributed by atoms with Crippen LogP contribution in [-0.2, 0) is 0 Å². The lowest BCUT2D eigenvalue weighted by Gasteiger charge is -1.98. The lowest BCUT2D eigenvalue weighted by Crippen LogP contribution is -2.16. The van der Waals surface area contributed by atoms with Crippen molar-refractivity contribution in [1.82, 2.24) is 5.43 Å². The number of benzene rings is 2. The summed E-state index contributed by atoms with van der Waals surface area (Å²) in [7, 11) is 0. The van der Waals surface area contributed by atoms with Crippen LogP contribution >= 0.6 is 11.6 Å². The molecule has 1 aromatic heterocycles. The van der Waals surface area contributed by atoms with E-state index in [1.165, 1.54) is 48.7 Å². The van der Waals surface area contributed by atoms with E-state index in [2.05, 4.69) is 10.5 Å². The van der Waals surface area contributed by atoms with Crippen LogP contribution in [0, 0.1) is 20.2 Å². The Morgan fingerprint density at radius 1 is 1.11 bits per heavy atom. The number of non-ortho nitro benzene ring substituents is 1. The number of amides is 1. The topological polar surface area (TPSA) is 141 Å². The van der Waals surface area contributed by atoms with Crippen LogP contribution in [0.15, 0.2) is 52.0 Å². The fourth-order valence-electron chi connectivity index (χ4n) is 2.23. The van der Waals surface area contributed by atoms with Crippen molar-refractivity contribution in [2.24, 2.45) is 5.10 Å². The molecule has 27 heavy (non-hydrogen) atoms. The molecule has 0 aliphatic carbocycles. The quantitative estimate of drug-likeness (QED) is 0.401. The number of carbonyl (C=O) groups excluding carboxylic acids is 1. The summed E-state index contributed by atoms with van der Waals surface area (Å²) < 4.78 is 5.32. The Labute approximate surface area is 155 Å². The highest BCUT2D eigenvalue weighted by Gasteiger charge is 2.15.